The van der Waals surface area contributed by atoms with Crippen LogP contribution >= 0.6 is 11.6 Å². The minimum atomic E-state index is -0.354. The van der Waals surface area contributed by atoms with Gasteiger partial charge in [0.25, 0.3) is 0 Å². The number of pyridine rings is 1. The van der Waals surface area contributed by atoms with Crippen molar-refractivity contribution in [2.24, 2.45) is 4.99 Å². The molecule has 1 aromatic carbocycles. The molecule has 0 saturated heterocycles. The smallest absolute Gasteiger partial charge is 0.305 e. The van der Waals surface area contributed by atoms with Gasteiger partial charge in [-0.1, -0.05) is 17.7 Å². The Kier molecular flexibility index (Phi) is 4.83. The molecule has 0 N–H and O–H groups in total. The van der Waals surface area contributed by atoms with Crippen molar-refractivity contribution in [1.29, 1.82) is 0 Å². The van der Waals surface area contributed by atoms with Crippen molar-refractivity contribution in [3.05, 3.63) is 70.5 Å². The first-order valence-electron chi connectivity index (χ1n) is 9.97. The summed E-state index contributed by atoms with van der Waals surface area (Å²) in [7, 11) is 1.39. The molecule has 1 atom stereocenters. The van der Waals surface area contributed by atoms with Crippen LogP contribution < -0.4 is 0 Å². The van der Waals surface area contributed by atoms with Crippen molar-refractivity contribution in [3.63, 3.8) is 0 Å². The molecule has 8 heteroatoms. The number of fused-ring (bicyclic) bond motifs is 3. The van der Waals surface area contributed by atoms with Crippen LogP contribution in [0.1, 0.15) is 60.5 Å². The summed E-state index contributed by atoms with van der Waals surface area (Å²) < 4.78 is 6.94. The number of hydrogen-bond donors (Lipinski definition) is 0. The Hall–Kier alpha value is -3.06. The third-order valence-electron chi connectivity index (χ3n) is 5.45. The van der Waals surface area contributed by atoms with Gasteiger partial charge in [-0.15, -0.1) is 10.2 Å². The molecule has 3 aromatic rings. The van der Waals surface area contributed by atoms with Crippen LogP contribution in [0, 0.1) is 0 Å². The minimum Gasteiger partial charge on any atom is -0.469 e. The van der Waals surface area contributed by atoms with Crippen LogP contribution in [0.15, 0.2) is 47.6 Å². The fraction of sp³-hybridized carbons (Fsp3) is 0.318. The van der Waals surface area contributed by atoms with E-state index in [1.165, 1.54) is 7.11 Å². The number of esters is 1. The van der Waals surface area contributed by atoms with Crippen molar-refractivity contribution < 1.29 is 9.53 Å². The van der Waals surface area contributed by atoms with E-state index in [0.29, 0.717) is 17.4 Å². The molecular weight excluding hydrogens is 402 g/mol. The van der Waals surface area contributed by atoms with Gasteiger partial charge in [-0.25, -0.2) is 0 Å². The molecule has 2 aromatic heterocycles. The molecule has 0 amide bonds. The topological polar surface area (TPSA) is 82.3 Å². The van der Waals surface area contributed by atoms with E-state index < -0.39 is 0 Å². The lowest BCUT2D eigenvalue weighted by molar-refractivity contribution is -0.140. The van der Waals surface area contributed by atoms with Gasteiger partial charge in [-0.3, -0.25) is 19.3 Å². The number of aliphatic imine (C=N–C) groups is 1. The van der Waals surface area contributed by atoms with E-state index in [0.717, 1.165) is 47.1 Å². The maximum atomic E-state index is 11.8. The number of rotatable bonds is 5. The number of hydrogen-bond acceptors (Lipinski definition) is 6. The second-order valence-electron chi connectivity index (χ2n) is 7.51. The van der Waals surface area contributed by atoms with Crippen LogP contribution in [-0.2, 0) is 9.53 Å². The van der Waals surface area contributed by atoms with Gasteiger partial charge in [0.1, 0.15) is 11.9 Å². The summed E-state index contributed by atoms with van der Waals surface area (Å²) in [5.74, 6) is 1.79. The quantitative estimate of drug-likeness (QED) is 0.580. The van der Waals surface area contributed by atoms with E-state index in [2.05, 4.69) is 19.7 Å². The van der Waals surface area contributed by atoms with E-state index >= 15 is 0 Å². The van der Waals surface area contributed by atoms with Gasteiger partial charge in [0.05, 0.1) is 24.2 Å². The molecule has 2 aliphatic rings. The molecule has 1 unspecified atom stereocenters. The lowest BCUT2D eigenvalue weighted by atomic mass is 10.0. The van der Waals surface area contributed by atoms with Crippen LogP contribution in [-0.4, -0.2) is 38.5 Å². The van der Waals surface area contributed by atoms with Crippen molar-refractivity contribution in [2.45, 2.75) is 37.6 Å². The fourth-order valence-electron chi connectivity index (χ4n) is 3.81. The van der Waals surface area contributed by atoms with Gasteiger partial charge < -0.3 is 4.74 Å². The van der Waals surface area contributed by atoms with Gasteiger partial charge in [0.15, 0.2) is 5.82 Å². The Morgan fingerprint density at radius 3 is 2.77 bits per heavy atom. The first kappa shape index (κ1) is 18.9. The summed E-state index contributed by atoms with van der Waals surface area (Å²) in [6.45, 7) is 0. The SMILES string of the molecule is COC(=O)CCC1N=C(c2ccccn2)c2cc(Cl)ccc2-n2c(C3CC3)nnc21. The third-order valence-corrected chi connectivity index (χ3v) is 5.69. The molecule has 1 fully saturated rings. The molecule has 0 radical (unpaired) electrons. The molecular formula is C22H20ClN5O2. The summed E-state index contributed by atoms with van der Waals surface area (Å²) >= 11 is 6.38. The maximum Gasteiger partial charge on any atom is 0.305 e. The molecule has 5 rings (SSSR count). The largest absolute Gasteiger partial charge is 0.469 e. The van der Waals surface area contributed by atoms with Gasteiger partial charge >= 0.3 is 5.97 Å². The zero-order chi connectivity index (χ0) is 20.7. The molecule has 30 heavy (non-hydrogen) atoms. The average Bonchev–Trinajstić information content (AvgIpc) is 3.55. The molecule has 1 aliphatic carbocycles. The minimum absolute atomic E-state index is 0.239. The first-order valence-corrected chi connectivity index (χ1v) is 10.3. The highest BCUT2D eigenvalue weighted by Gasteiger charge is 2.35. The Bertz CT molecular complexity index is 1140. The van der Waals surface area contributed by atoms with Crippen molar-refractivity contribution in [3.8, 4) is 5.69 Å². The Labute approximate surface area is 178 Å². The fourth-order valence-corrected chi connectivity index (χ4v) is 3.98. The second-order valence-corrected chi connectivity index (χ2v) is 7.95. The molecule has 152 valence electrons. The van der Waals surface area contributed by atoms with Crippen LogP contribution in [0.2, 0.25) is 5.02 Å². The predicted octanol–water partition coefficient (Wildman–Crippen LogP) is 4.04. The highest BCUT2D eigenvalue weighted by atomic mass is 35.5. The van der Waals surface area contributed by atoms with Crippen LogP contribution in [0.25, 0.3) is 5.69 Å². The summed E-state index contributed by atoms with van der Waals surface area (Å²) in [6, 6.07) is 11.1. The first-order chi connectivity index (χ1) is 14.7. The zero-order valence-electron chi connectivity index (χ0n) is 16.5. The van der Waals surface area contributed by atoms with Crippen molar-refractivity contribution in [1.82, 2.24) is 19.7 Å². The van der Waals surface area contributed by atoms with E-state index in [1.807, 2.05) is 36.4 Å². The summed E-state index contributed by atoms with van der Waals surface area (Å²) in [4.78, 5) is 21.4. The van der Waals surface area contributed by atoms with Crippen molar-refractivity contribution in [2.75, 3.05) is 7.11 Å². The normalized spacial score (nSPS) is 17.5. The van der Waals surface area contributed by atoms with Crippen LogP contribution in [0.3, 0.4) is 0 Å². The summed E-state index contributed by atoms with van der Waals surface area (Å²) in [5, 5.41) is 9.63. The number of aromatic nitrogens is 4. The molecule has 0 spiro atoms. The van der Waals surface area contributed by atoms with Gasteiger partial charge in [-0.2, -0.15) is 0 Å². The standard InChI is InChI=1S/C22H20ClN5O2/c1-30-19(29)10-8-17-22-27-26-21(13-5-6-13)28(22)18-9-7-14(23)12-15(18)20(25-17)16-4-2-3-11-24-16/h2-4,7,9,11-13,17H,5-6,8,10H2,1H3. The molecule has 1 aliphatic heterocycles. The molecule has 3 heterocycles. The monoisotopic (exact) mass is 421 g/mol. The molecule has 1 saturated carbocycles. The lowest BCUT2D eigenvalue weighted by Gasteiger charge is -2.14. The molecule has 0 bridgehead atoms. The highest BCUT2D eigenvalue weighted by molar-refractivity contribution is 6.31. The number of benzene rings is 1. The van der Waals surface area contributed by atoms with E-state index in [4.69, 9.17) is 21.3 Å². The maximum absolute atomic E-state index is 11.8. The van der Waals surface area contributed by atoms with Crippen LogP contribution in [0.5, 0.6) is 0 Å². The van der Waals surface area contributed by atoms with Gasteiger partial charge in [0.2, 0.25) is 0 Å². The summed E-state index contributed by atoms with van der Waals surface area (Å²) in [5.41, 5.74) is 3.29. The number of ether oxygens (including phenoxy) is 1. The number of carbonyl (C=O) groups excluding carboxylic acids is 1. The van der Waals surface area contributed by atoms with Gasteiger partial charge in [0, 0.05) is 29.1 Å². The molecule has 7 nitrogen and oxygen atoms in total. The number of carbonyl (C=O) groups is 1. The number of methoxy groups -OCH3 is 1. The third kappa shape index (κ3) is 3.39. The van der Waals surface area contributed by atoms with E-state index in [9.17, 15) is 4.79 Å². The second kappa shape index (κ2) is 7.65. The average molecular weight is 422 g/mol. The van der Waals surface area contributed by atoms with Gasteiger partial charge in [-0.05, 0) is 49.6 Å². The Morgan fingerprint density at radius 1 is 1.20 bits per heavy atom. The Morgan fingerprint density at radius 2 is 2.03 bits per heavy atom. The van der Waals surface area contributed by atoms with Crippen molar-refractivity contribution >= 4 is 23.3 Å². The van der Waals surface area contributed by atoms with E-state index in [-0.39, 0.29) is 18.4 Å². The lowest BCUT2D eigenvalue weighted by Crippen LogP contribution is -2.10. The number of nitrogens with zero attached hydrogens (tertiary/aromatic N) is 5. The Balaban J connectivity index is 1.72. The van der Waals surface area contributed by atoms with Crippen LogP contribution in [0.4, 0.5) is 0 Å². The predicted molar refractivity (Wildman–Crippen MR) is 112 cm³/mol. The number of halogens is 1. The zero-order valence-corrected chi connectivity index (χ0v) is 17.2. The summed E-state index contributed by atoms with van der Waals surface area (Å²) in [6.07, 6.45) is 4.65. The highest BCUT2D eigenvalue weighted by Crippen LogP contribution is 2.43. The van der Waals surface area contributed by atoms with E-state index in [1.54, 1.807) is 6.20 Å².